The summed E-state index contributed by atoms with van der Waals surface area (Å²) in [6, 6.07) is 15.4. The van der Waals surface area contributed by atoms with Crippen LogP contribution >= 0.6 is 0 Å². The van der Waals surface area contributed by atoms with Gasteiger partial charge in [-0.3, -0.25) is 4.79 Å². The Morgan fingerprint density at radius 1 is 1.12 bits per heavy atom. The van der Waals surface area contributed by atoms with Crippen LogP contribution in [0.3, 0.4) is 0 Å². The molecule has 2 aromatic carbocycles. The lowest BCUT2D eigenvalue weighted by Gasteiger charge is -2.21. The number of rotatable bonds is 6. The van der Waals surface area contributed by atoms with Gasteiger partial charge in [0.05, 0.1) is 0 Å². The molecule has 1 atom stereocenters. The summed E-state index contributed by atoms with van der Waals surface area (Å²) < 4.78 is 10.8. The van der Waals surface area contributed by atoms with E-state index in [9.17, 15) is 9.59 Å². The number of fused-ring (bicyclic) bond motifs is 1. The quantitative estimate of drug-likeness (QED) is 0.749. The molecule has 0 N–H and O–H groups in total. The summed E-state index contributed by atoms with van der Waals surface area (Å²) in [5, 5.41) is 0. The van der Waals surface area contributed by atoms with Crippen LogP contribution < -0.4 is 9.64 Å². The van der Waals surface area contributed by atoms with Crippen LogP contribution in [0, 0.1) is 0 Å². The summed E-state index contributed by atoms with van der Waals surface area (Å²) >= 11 is 0. The molecule has 5 nitrogen and oxygen atoms in total. The van der Waals surface area contributed by atoms with Crippen LogP contribution in [0.5, 0.6) is 5.75 Å². The van der Waals surface area contributed by atoms with Crippen molar-refractivity contribution in [2.75, 3.05) is 18.1 Å². The average molecular weight is 353 g/mol. The van der Waals surface area contributed by atoms with Gasteiger partial charge in [-0.2, -0.15) is 0 Å². The third kappa shape index (κ3) is 3.87. The zero-order chi connectivity index (χ0) is 18.5. The predicted molar refractivity (Wildman–Crippen MR) is 99.4 cm³/mol. The number of esters is 1. The number of para-hydroxylation sites is 2. The molecule has 136 valence electrons. The van der Waals surface area contributed by atoms with Gasteiger partial charge in [-0.05, 0) is 43.0 Å². The number of hydrogen-bond acceptors (Lipinski definition) is 4. The van der Waals surface area contributed by atoms with E-state index in [-0.39, 0.29) is 12.5 Å². The Morgan fingerprint density at radius 2 is 1.85 bits per heavy atom. The first kappa shape index (κ1) is 18.0. The van der Waals surface area contributed by atoms with Crippen molar-refractivity contribution in [2.45, 2.75) is 32.8 Å². The largest absolute Gasteiger partial charge is 0.482 e. The summed E-state index contributed by atoms with van der Waals surface area (Å²) in [5.74, 6) is -0.0964. The highest BCUT2D eigenvalue weighted by atomic mass is 16.6. The van der Waals surface area contributed by atoms with Crippen LogP contribution in [0.4, 0.5) is 5.69 Å². The van der Waals surface area contributed by atoms with Crippen molar-refractivity contribution in [3.05, 3.63) is 59.7 Å². The van der Waals surface area contributed by atoms with Crippen molar-refractivity contribution >= 4 is 17.6 Å². The minimum Gasteiger partial charge on any atom is -0.482 e. The van der Waals surface area contributed by atoms with Gasteiger partial charge in [0.2, 0.25) is 0 Å². The molecule has 5 heteroatoms. The average Bonchev–Trinajstić information content (AvgIpc) is 3.10. The highest BCUT2D eigenvalue weighted by molar-refractivity contribution is 5.99. The molecule has 0 aromatic heterocycles. The molecular formula is C21H23NO4. The molecule has 1 amide bonds. The van der Waals surface area contributed by atoms with E-state index in [1.807, 2.05) is 55.5 Å². The summed E-state index contributed by atoms with van der Waals surface area (Å²) in [5.41, 5.74) is 3.06. The van der Waals surface area contributed by atoms with E-state index in [4.69, 9.17) is 9.47 Å². The van der Waals surface area contributed by atoms with Crippen molar-refractivity contribution in [3.8, 4) is 5.75 Å². The molecule has 0 saturated heterocycles. The fourth-order valence-electron chi connectivity index (χ4n) is 3.14. The third-order valence-corrected chi connectivity index (χ3v) is 4.51. The number of carbonyl (C=O) groups is 2. The SMILES string of the molecule is CCc1ccccc1OCC(=O)OC(C)C(=O)N1CCc2ccccc21. The second-order valence-electron chi connectivity index (χ2n) is 6.25. The molecule has 1 heterocycles. The number of aryl methyl sites for hydroxylation is 1. The van der Waals surface area contributed by atoms with Gasteiger partial charge < -0.3 is 14.4 Å². The summed E-state index contributed by atoms with van der Waals surface area (Å²) in [6.07, 6.45) is 0.784. The molecule has 26 heavy (non-hydrogen) atoms. The number of hydrogen-bond donors (Lipinski definition) is 0. The van der Waals surface area contributed by atoms with Gasteiger partial charge in [0.25, 0.3) is 5.91 Å². The van der Waals surface area contributed by atoms with Crippen molar-refractivity contribution in [3.63, 3.8) is 0 Å². The zero-order valence-corrected chi connectivity index (χ0v) is 15.1. The Hall–Kier alpha value is -2.82. The number of benzene rings is 2. The van der Waals surface area contributed by atoms with Crippen molar-refractivity contribution in [1.82, 2.24) is 0 Å². The summed E-state index contributed by atoms with van der Waals surface area (Å²) in [6.45, 7) is 4.02. The van der Waals surface area contributed by atoms with E-state index in [1.165, 1.54) is 0 Å². The molecule has 1 aliphatic rings. The summed E-state index contributed by atoms with van der Waals surface area (Å²) in [7, 11) is 0. The third-order valence-electron chi connectivity index (χ3n) is 4.51. The number of nitrogens with zero attached hydrogens (tertiary/aromatic N) is 1. The lowest BCUT2D eigenvalue weighted by atomic mass is 10.1. The van der Waals surface area contributed by atoms with E-state index < -0.39 is 12.1 Å². The maximum atomic E-state index is 12.6. The standard InChI is InChI=1S/C21H23NO4/c1-3-16-8-5-7-11-19(16)25-14-20(23)26-15(2)21(24)22-13-12-17-9-4-6-10-18(17)22/h4-11,15H,3,12-14H2,1-2H3. The van der Waals surface area contributed by atoms with Gasteiger partial charge in [-0.25, -0.2) is 4.79 Å². The van der Waals surface area contributed by atoms with Crippen LogP contribution in [0.25, 0.3) is 0 Å². The fourth-order valence-corrected chi connectivity index (χ4v) is 3.14. The highest BCUT2D eigenvalue weighted by Crippen LogP contribution is 2.28. The fraction of sp³-hybridized carbons (Fsp3) is 0.333. The van der Waals surface area contributed by atoms with Crippen LogP contribution in [0.15, 0.2) is 48.5 Å². The van der Waals surface area contributed by atoms with Crippen LogP contribution in [-0.2, 0) is 27.2 Å². The summed E-state index contributed by atoms with van der Waals surface area (Å²) in [4.78, 5) is 26.4. The molecule has 2 aromatic rings. The van der Waals surface area contributed by atoms with E-state index in [0.29, 0.717) is 12.3 Å². The normalized spacial score (nSPS) is 13.8. The number of anilines is 1. The van der Waals surface area contributed by atoms with Crippen molar-refractivity contribution in [2.24, 2.45) is 0 Å². The Balaban J connectivity index is 1.55. The first-order chi connectivity index (χ1) is 12.6. The number of ether oxygens (including phenoxy) is 2. The molecule has 0 radical (unpaired) electrons. The Labute approximate surface area is 153 Å². The number of carbonyl (C=O) groups excluding carboxylic acids is 2. The monoisotopic (exact) mass is 353 g/mol. The molecule has 3 rings (SSSR count). The van der Waals surface area contributed by atoms with Crippen LogP contribution in [0.1, 0.15) is 25.0 Å². The Bertz CT molecular complexity index is 802. The van der Waals surface area contributed by atoms with E-state index in [2.05, 4.69) is 0 Å². The van der Waals surface area contributed by atoms with Gasteiger partial charge in [0.1, 0.15) is 5.75 Å². The lowest BCUT2D eigenvalue weighted by molar-refractivity contribution is -0.155. The number of amides is 1. The maximum absolute atomic E-state index is 12.6. The highest BCUT2D eigenvalue weighted by Gasteiger charge is 2.29. The molecular weight excluding hydrogens is 330 g/mol. The van der Waals surface area contributed by atoms with Gasteiger partial charge >= 0.3 is 5.97 Å². The topological polar surface area (TPSA) is 55.8 Å². The second kappa shape index (κ2) is 8.04. The van der Waals surface area contributed by atoms with E-state index >= 15 is 0 Å². The molecule has 0 saturated carbocycles. The van der Waals surface area contributed by atoms with E-state index in [0.717, 1.165) is 29.7 Å². The Kier molecular flexibility index (Phi) is 5.56. The molecule has 1 unspecified atom stereocenters. The van der Waals surface area contributed by atoms with Crippen molar-refractivity contribution in [1.29, 1.82) is 0 Å². The van der Waals surface area contributed by atoms with E-state index in [1.54, 1.807) is 11.8 Å². The van der Waals surface area contributed by atoms with Crippen LogP contribution in [0.2, 0.25) is 0 Å². The Morgan fingerprint density at radius 3 is 2.65 bits per heavy atom. The second-order valence-corrected chi connectivity index (χ2v) is 6.25. The minimum atomic E-state index is -0.848. The molecule has 0 bridgehead atoms. The minimum absolute atomic E-state index is 0.211. The van der Waals surface area contributed by atoms with Crippen molar-refractivity contribution < 1.29 is 19.1 Å². The molecule has 1 aliphatic heterocycles. The van der Waals surface area contributed by atoms with Gasteiger partial charge in [0, 0.05) is 12.2 Å². The lowest BCUT2D eigenvalue weighted by Crippen LogP contribution is -2.39. The van der Waals surface area contributed by atoms with Gasteiger partial charge in [-0.15, -0.1) is 0 Å². The van der Waals surface area contributed by atoms with Crippen LogP contribution in [-0.4, -0.2) is 31.1 Å². The maximum Gasteiger partial charge on any atom is 0.344 e. The molecule has 0 aliphatic carbocycles. The molecule has 0 spiro atoms. The first-order valence-electron chi connectivity index (χ1n) is 8.89. The smallest absolute Gasteiger partial charge is 0.344 e. The van der Waals surface area contributed by atoms with Gasteiger partial charge in [-0.1, -0.05) is 43.3 Å². The predicted octanol–water partition coefficient (Wildman–Crippen LogP) is 3.15. The van der Waals surface area contributed by atoms with Gasteiger partial charge in [0.15, 0.2) is 12.7 Å². The zero-order valence-electron chi connectivity index (χ0n) is 15.1. The first-order valence-corrected chi connectivity index (χ1v) is 8.89. The molecule has 0 fully saturated rings.